The van der Waals surface area contributed by atoms with E-state index in [1.54, 1.807) is 43.3 Å². The minimum atomic E-state index is -1.21. The molecule has 158 valence electrons. The van der Waals surface area contributed by atoms with E-state index in [0.29, 0.717) is 28.5 Å². The van der Waals surface area contributed by atoms with Crippen molar-refractivity contribution in [2.24, 2.45) is 0 Å². The third-order valence-electron chi connectivity index (χ3n) is 5.45. The maximum absolute atomic E-state index is 13.9. The number of carbonyl (C=O) groups excluding carboxylic acids is 3. The molecule has 4 rings (SSSR count). The predicted molar refractivity (Wildman–Crippen MR) is 110 cm³/mol. The summed E-state index contributed by atoms with van der Waals surface area (Å²) < 4.78 is 19.2. The Morgan fingerprint density at radius 3 is 2.65 bits per heavy atom. The Hall–Kier alpha value is -3.81. The van der Waals surface area contributed by atoms with Crippen LogP contribution < -0.4 is 5.32 Å². The van der Waals surface area contributed by atoms with E-state index in [9.17, 15) is 18.8 Å². The molecule has 1 fully saturated rings. The van der Waals surface area contributed by atoms with E-state index in [1.165, 1.54) is 18.3 Å². The van der Waals surface area contributed by atoms with Crippen molar-refractivity contribution in [3.63, 3.8) is 0 Å². The van der Waals surface area contributed by atoms with Crippen LogP contribution in [0, 0.1) is 5.82 Å². The van der Waals surface area contributed by atoms with E-state index in [4.69, 9.17) is 4.74 Å². The molecule has 1 aromatic heterocycles. The average molecular weight is 421 g/mol. The van der Waals surface area contributed by atoms with Gasteiger partial charge in [0.2, 0.25) is 0 Å². The van der Waals surface area contributed by atoms with Crippen molar-refractivity contribution >= 4 is 28.8 Å². The first-order chi connectivity index (χ1) is 15.0. The second-order valence-corrected chi connectivity index (χ2v) is 7.21. The molecule has 1 aliphatic rings. The van der Waals surface area contributed by atoms with Crippen molar-refractivity contribution in [2.75, 3.05) is 6.54 Å². The van der Waals surface area contributed by atoms with Gasteiger partial charge in [-0.1, -0.05) is 43.3 Å². The van der Waals surface area contributed by atoms with Crippen molar-refractivity contribution in [2.45, 2.75) is 25.5 Å². The van der Waals surface area contributed by atoms with Gasteiger partial charge in [0.15, 0.2) is 0 Å². The number of amides is 3. The lowest BCUT2D eigenvalue weighted by atomic mass is 9.87. The van der Waals surface area contributed by atoms with Gasteiger partial charge in [0.25, 0.3) is 5.91 Å². The Kier molecular flexibility index (Phi) is 5.37. The molecule has 0 radical (unpaired) electrons. The minimum Gasteiger partial charge on any atom is -0.459 e. The fourth-order valence-electron chi connectivity index (χ4n) is 3.78. The third kappa shape index (κ3) is 3.61. The van der Waals surface area contributed by atoms with Gasteiger partial charge in [-0.25, -0.2) is 9.18 Å². The maximum atomic E-state index is 13.9. The fraction of sp³-hybridized carbons (Fsp3) is 0.217. The number of nitrogens with zero attached hydrogens (tertiary/aromatic N) is 2. The van der Waals surface area contributed by atoms with Crippen LogP contribution in [0.5, 0.6) is 0 Å². The molecule has 3 amide bonds. The number of ether oxygens (including phenoxy) is 1. The number of fused-ring (bicyclic) bond motifs is 1. The van der Waals surface area contributed by atoms with Crippen LogP contribution in [0.2, 0.25) is 0 Å². The molecule has 1 unspecified atom stereocenters. The van der Waals surface area contributed by atoms with E-state index >= 15 is 0 Å². The van der Waals surface area contributed by atoms with Crippen LogP contribution in [0.15, 0.2) is 60.8 Å². The lowest BCUT2D eigenvalue weighted by Gasteiger charge is -2.25. The molecule has 1 aliphatic heterocycles. The van der Waals surface area contributed by atoms with Gasteiger partial charge in [0.1, 0.15) is 24.5 Å². The van der Waals surface area contributed by atoms with Crippen LogP contribution in [0.4, 0.5) is 9.18 Å². The quantitative estimate of drug-likeness (QED) is 0.488. The summed E-state index contributed by atoms with van der Waals surface area (Å²) in [6.07, 6.45) is 1.86. The standard InChI is InChI=1S/C23H20FN3O4/c1-2-23(16-7-4-3-5-8-16)21(29)27(22(30)26-23)13-19(28)31-14-15-10-11-18(24)17-9-6-12-25-20(15)17/h3-12H,2,13-14H2,1H3,(H,26,30). The summed E-state index contributed by atoms with van der Waals surface area (Å²) in [5, 5.41) is 3.04. The normalized spacial score (nSPS) is 18.3. The molecular weight excluding hydrogens is 401 g/mol. The van der Waals surface area contributed by atoms with Crippen LogP contribution in [0.1, 0.15) is 24.5 Å². The molecular formula is C23H20FN3O4. The van der Waals surface area contributed by atoms with Crippen molar-refractivity contribution in [3.05, 3.63) is 77.7 Å². The Morgan fingerprint density at radius 1 is 1.13 bits per heavy atom. The number of esters is 1. The number of carbonyl (C=O) groups is 3. The maximum Gasteiger partial charge on any atom is 0.326 e. The molecule has 1 N–H and O–H groups in total. The van der Waals surface area contributed by atoms with Crippen molar-refractivity contribution in [1.29, 1.82) is 0 Å². The highest BCUT2D eigenvalue weighted by molar-refractivity contribution is 6.09. The van der Waals surface area contributed by atoms with Gasteiger partial charge >= 0.3 is 12.0 Å². The van der Waals surface area contributed by atoms with Gasteiger partial charge in [-0.05, 0) is 30.2 Å². The van der Waals surface area contributed by atoms with Crippen LogP contribution in [-0.4, -0.2) is 34.3 Å². The molecule has 1 atom stereocenters. The predicted octanol–water partition coefficient (Wildman–Crippen LogP) is 3.27. The van der Waals surface area contributed by atoms with Crippen molar-refractivity contribution in [1.82, 2.24) is 15.2 Å². The number of hydrogen-bond donors (Lipinski definition) is 1. The first-order valence-corrected chi connectivity index (χ1v) is 9.83. The third-order valence-corrected chi connectivity index (χ3v) is 5.45. The van der Waals surface area contributed by atoms with Gasteiger partial charge in [-0.3, -0.25) is 19.5 Å². The zero-order valence-corrected chi connectivity index (χ0v) is 16.8. The Balaban J connectivity index is 1.48. The van der Waals surface area contributed by atoms with Crippen molar-refractivity contribution < 1.29 is 23.5 Å². The number of halogens is 1. The number of nitrogens with one attached hydrogen (secondary N) is 1. The Morgan fingerprint density at radius 2 is 1.90 bits per heavy atom. The zero-order chi connectivity index (χ0) is 22.0. The minimum absolute atomic E-state index is 0.159. The molecule has 31 heavy (non-hydrogen) atoms. The van der Waals surface area contributed by atoms with E-state index < -0.39 is 35.8 Å². The molecule has 8 heteroatoms. The molecule has 3 aromatic rings. The summed E-state index contributed by atoms with van der Waals surface area (Å²) in [4.78, 5) is 43.0. The summed E-state index contributed by atoms with van der Waals surface area (Å²) in [6, 6.07) is 14.2. The summed E-state index contributed by atoms with van der Waals surface area (Å²) in [7, 11) is 0. The van der Waals surface area contributed by atoms with Crippen LogP contribution in [0.3, 0.4) is 0 Å². The summed E-state index contributed by atoms with van der Waals surface area (Å²) >= 11 is 0. The van der Waals surface area contributed by atoms with Gasteiger partial charge in [0, 0.05) is 17.1 Å². The smallest absolute Gasteiger partial charge is 0.326 e. The molecule has 0 spiro atoms. The van der Waals surface area contributed by atoms with Crippen molar-refractivity contribution in [3.8, 4) is 0 Å². The largest absolute Gasteiger partial charge is 0.459 e. The van der Waals surface area contributed by atoms with Crippen LogP contribution in [-0.2, 0) is 26.5 Å². The average Bonchev–Trinajstić information content (AvgIpc) is 3.04. The monoisotopic (exact) mass is 421 g/mol. The Labute approximate surface area is 177 Å². The highest BCUT2D eigenvalue weighted by Crippen LogP contribution is 2.32. The van der Waals surface area contributed by atoms with E-state index in [2.05, 4.69) is 10.3 Å². The number of aromatic nitrogens is 1. The number of imide groups is 1. The van der Waals surface area contributed by atoms with Gasteiger partial charge in [-0.15, -0.1) is 0 Å². The molecule has 0 bridgehead atoms. The molecule has 2 heterocycles. The molecule has 2 aromatic carbocycles. The Bertz CT molecular complexity index is 1170. The summed E-state index contributed by atoms with van der Waals surface area (Å²) in [5.41, 5.74) is 0.347. The second-order valence-electron chi connectivity index (χ2n) is 7.21. The lowest BCUT2D eigenvalue weighted by molar-refractivity contribution is -0.149. The summed E-state index contributed by atoms with van der Waals surface area (Å²) in [5.74, 6) is -1.68. The highest BCUT2D eigenvalue weighted by Gasteiger charge is 2.51. The van der Waals surface area contributed by atoms with Crippen LogP contribution >= 0.6 is 0 Å². The number of pyridine rings is 1. The van der Waals surface area contributed by atoms with Gasteiger partial charge in [0.05, 0.1) is 5.52 Å². The molecule has 1 saturated heterocycles. The fourth-order valence-corrected chi connectivity index (χ4v) is 3.78. The number of hydrogen-bond acceptors (Lipinski definition) is 5. The number of rotatable bonds is 6. The van der Waals surface area contributed by atoms with Gasteiger partial charge in [-0.2, -0.15) is 0 Å². The highest BCUT2D eigenvalue weighted by atomic mass is 19.1. The number of benzene rings is 2. The van der Waals surface area contributed by atoms with Crippen LogP contribution in [0.25, 0.3) is 10.9 Å². The zero-order valence-electron chi connectivity index (χ0n) is 16.8. The SMILES string of the molecule is CCC1(c2ccccc2)NC(=O)N(CC(=O)OCc2ccc(F)c3cccnc23)C1=O. The topological polar surface area (TPSA) is 88.6 Å². The molecule has 0 aliphatic carbocycles. The molecule has 0 saturated carbocycles. The summed E-state index contributed by atoms with van der Waals surface area (Å²) in [6.45, 7) is 1.11. The molecule has 7 nitrogen and oxygen atoms in total. The van der Waals surface area contributed by atoms with E-state index in [1.807, 2.05) is 6.07 Å². The number of urea groups is 1. The second kappa shape index (κ2) is 8.14. The first kappa shape index (κ1) is 20.5. The first-order valence-electron chi connectivity index (χ1n) is 9.83. The lowest BCUT2D eigenvalue weighted by Crippen LogP contribution is -2.43. The van der Waals surface area contributed by atoms with E-state index in [0.717, 1.165) is 4.90 Å². The van der Waals surface area contributed by atoms with Gasteiger partial charge < -0.3 is 10.1 Å². The van der Waals surface area contributed by atoms with E-state index in [-0.39, 0.29) is 6.61 Å².